The average molecular weight is 271 g/mol. The highest BCUT2D eigenvalue weighted by atomic mass is 16.3. The highest BCUT2D eigenvalue weighted by Crippen LogP contribution is 2.16. The Hall–Kier alpha value is -2.69. The van der Waals surface area contributed by atoms with Gasteiger partial charge in [0.25, 0.3) is 11.5 Å². The second-order valence-electron chi connectivity index (χ2n) is 4.41. The van der Waals surface area contributed by atoms with E-state index in [4.69, 9.17) is 0 Å². The molecule has 0 unspecified atom stereocenters. The van der Waals surface area contributed by atoms with E-state index < -0.39 is 23.0 Å². The maximum Gasteiger partial charge on any atom is 0.272 e. The molecule has 0 aliphatic carbocycles. The molecule has 20 heavy (non-hydrogen) atoms. The summed E-state index contributed by atoms with van der Waals surface area (Å²) < 4.78 is 0.895. The number of aryl methyl sites for hydroxylation is 1. The summed E-state index contributed by atoms with van der Waals surface area (Å²) in [6, 6.07) is 9.51. The van der Waals surface area contributed by atoms with Crippen LogP contribution in [0, 0.1) is 6.92 Å². The van der Waals surface area contributed by atoms with E-state index in [1.165, 1.54) is 19.9 Å². The minimum atomic E-state index is -0.802. The van der Waals surface area contributed by atoms with Gasteiger partial charge in [0.1, 0.15) is 11.3 Å². The van der Waals surface area contributed by atoms with E-state index in [9.17, 15) is 19.5 Å². The number of carbonyl (C=O) groups is 2. The molecule has 102 valence electrons. The number of aromatic nitrogens is 1. The van der Waals surface area contributed by atoms with Crippen molar-refractivity contribution in [3.8, 4) is 5.75 Å². The molecule has 5 nitrogen and oxygen atoms in total. The van der Waals surface area contributed by atoms with Crippen molar-refractivity contribution in [2.24, 2.45) is 0 Å². The molecule has 0 fully saturated rings. The number of Topliss-reactive ketones (excluding diaryl/α,β-unsaturated/α-hetero) is 1. The standard InChI is InChI=1S/C15H13NO4/c1-9-8-12(18)13(10(2)17)15(20)16(9)14(19)11-6-4-3-5-7-11/h3-8,18H,1-2H3. The average Bonchev–Trinajstić information content (AvgIpc) is 2.38. The van der Waals surface area contributed by atoms with Crippen molar-refractivity contribution in [2.45, 2.75) is 13.8 Å². The zero-order valence-corrected chi connectivity index (χ0v) is 11.1. The van der Waals surface area contributed by atoms with Crippen LogP contribution in [0.5, 0.6) is 5.75 Å². The SMILES string of the molecule is CC(=O)c1c(O)cc(C)n(C(=O)c2ccccc2)c1=O. The number of nitrogens with zero attached hydrogens (tertiary/aromatic N) is 1. The van der Waals surface area contributed by atoms with Crippen LogP contribution in [0.3, 0.4) is 0 Å². The topological polar surface area (TPSA) is 76.4 Å². The summed E-state index contributed by atoms with van der Waals surface area (Å²) in [5, 5.41) is 9.67. The number of hydrogen-bond acceptors (Lipinski definition) is 4. The van der Waals surface area contributed by atoms with Gasteiger partial charge in [0.15, 0.2) is 5.78 Å². The molecule has 5 heteroatoms. The minimum Gasteiger partial charge on any atom is -0.507 e. The molecule has 1 aromatic heterocycles. The van der Waals surface area contributed by atoms with Crippen molar-refractivity contribution < 1.29 is 14.7 Å². The van der Waals surface area contributed by atoms with Crippen LogP contribution in [-0.2, 0) is 0 Å². The maximum absolute atomic E-state index is 12.3. The van der Waals surface area contributed by atoms with Gasteiger partial charge in [0.2, 0.25) is 0 Å². The van der Waals surface area contributed by atoms with Crippen LogP contribution >= 0.6 is 0 Å². The fourth-order valence-electron chi connectivity index (χ4n) is 2.01. The summed E-state index contributed by atoms with van der Waals surface area (Å²) in [6.45, 7) is 2.69. The predicted octanol–water partition coefficient (Wildman–Crippen LogP) is 1.75. The van der Waals surface area contributed by atoms with E-state index in [2.05, 4.69) is 0 Å². The zero-order chi connectivity index (χ0) is 14.9. The van der Waals surface area contributed by atoms with Crippen LogP contribution in [0.4, 0.5) is 0 Å². The fraction of sp³-hybridized carbons (Fsp3) is 0.133. The first-order chi connectivity index (χ1) is 9.43. The Morgan fingerprint density at radius 1 is 1.15 bits per heavy atom. The van der Waals surface area contributed by atoms with E-state index in [0.717, 1.165) is 4.57 Å². The summed E-state index contributed by atoms with van der Waals surface area (Å²) in [4.78, 5) is 36.0. The molecule has 0 saturated heterocycles. The molecule has 1 aromatic carbocycles. The molecule has 1 N–H and O–H groups in total. The van der Waals surface area contributed by atoms with Crippen LogP contribution in [0.1, 0.15) is 33.3 Å². The molecule has 0 aliphatic heterocycles. The van der Waals surface area contributed by atoms with E-state index in [-0.39, 0.29) is 11.3 Å². The fourth-order valence-corrected chi connectivity index (χ4v) is 2.01. The van der Waals surface area contributed by atoms with E-state index in [1.807, 2.05) is 0 Å². The lowest BCUT2D eigenvalue weighted by atomic mass is 10.1. The molecule has 2 rings (SSSR count). The predicted molar refractivity (Wildman–Crippen MR) is 73.3 cm³/mol. The number of ketones is 1. The second-order valence-corrected chi connectivity index (χ2v) is 4.41. The zero-order valence-electron chi connectivity index (χ0n) is 11.1. The Kier molecular flexibility index (Phi) is 3.52. The Morgan fingerprint density at radius 3 is 2.30 bits per heavy atom. The Balaban J connectivity index is 2.70. The Labute approximate surface area is 115 Å². The third-order valence-corrected chi connectivity index (χ3v) is 2.95. The normalized spacial score (nSPS) is 10.3. The van der Waals surface area contributed by atoms with E-state index >= 15 is 0 Å². The molecule has 0 spiro atoms. The van der Waals surface area contributed by atoms with Crippen LogP contribution in [0.2, 0.25) is 0 Å². The Morgan fingerprint density at radius 2 is 1.75 bits per heavy atom. The van der Waals surface area contributed by atoms with Crippen LogP contribution in [0.25, 0.3) is 0 Å². The summed E-state index contributed by atoms with van der Waals surface area (Å²) >= 11 is 0. The van der Waals surface area contributed by atoms with Gasteiger partial charge in [0, 0.05) is 17.3 Å². The molecule has 0 bridgehead atoms. The van der Waals surface area contributed by atoms with Gasteiger partial charge in [-0.15, -0.1) is 0 Å². The number of pyridine rings is 1. The van der Waals surface area contributed by atoms with Crippen LogP contribution in [0.15, 0.2) is 41.2 Å². The van der Waals surface area contributed by atoms with Crippen molar-refractivity contribution in [1.82, 2.24) is 4.57 Å². The molecule has 0 atom stereocenters. The lowest BCUT2D eigenvalue weighted by molar-refractivity contribution is 0.0952. The first-order valence-corrected chi connectivity index (χ1v) is 5.99. The molecular weight excluding hydrogens is 258 g/mol. The van der Waals surface area contributed by atoms with Gasteiger partial charge in [0.05, 0.1) is 0 Å². The van der Waals surface area contributed by atoms with Gasteiger partial charge >= 0.3 is 0 Å². The van der Waals surface area contributed by atoms with Crippen molar-refractivity contribution in [2.75, 3.05) is 0 Å². The lowest BCUT2D eigenvalue weighted by Gasteiger charge is -2.11. The molecule has 0 amide bonds. The van der Waals surface area contributed by atoms with Gasteiger partial charge < -0.3 is 5.11 Å². The molecule has 1 heterocycles. The largest absolute Gasteiger partial charge is 0.507 e. The lowest BCUT2D eigenvalue weighted by Crippen LogP contribution is -2.32. The van der Waals surface area contributed by atoms with Crippen molar-refractivity contribution in [3.63, 3.8) is 0 Å². The smallest absolute Gasteiger partial charge is 0.272 e. The third-order valence-electron chi connectivity index (χ3n) is 2.95. The van der Waals surface area contributed by atoms with E-state index in [0.29, 0.717) is 5.56 Å². The van der Waals surface area contributed by atoms with E-state index in [1.54, 1.807) is 30.3 Å². The third kappa shape index (κ3) is 2.25. The highest BCUT2D eigenvalue weighted by molar-refractivity contribution is 6.00. The van der Waals surface area contributed by atoms with Gasteiger partial charge in [-0.2, -0.15) is 0 Å². The molecule has 2 aromatic rings. The molecule has 0 radical (unpaired) electrons. The molecule has 0 aliphatic rings. The first-order valence-electron chi connectivity index (χ1n) is 5.99. The number of rotatable bonds is 2. The van der Waals surface area contributed by atoms with Gasteiger partial charge in [-0.1, -0.05) is 18.2 Å². The number of hydrogen-bond donors (Lipinski definition) is 1. The summed E-state index contributed by atoms with van der Waals surface area (Å²) in [5.74, 6) is -1.52. The van der Waals surface area contributed by atoms with Gasteiger partial charge in [-0.3, -0.25) is 14.4 Å². The van der Waals surface area contributed by atoms with Crippen molar-refractivity contribution in [1.29, 1.82) is 0 Å². The van der Waals surface area contributed by atoms with Crippen molar-refractivity contribution >= 4 is 11.7 Å². The maximum atomic E-state index is 12.3. The number of aromatic hydroxyl groups is 1. The summed E-state index contributed by atoms with van der Waals surface area (Å²) in [6.07, 6.45) is 0. The van der Waals surface area contributed by atoms with Gasteiger partial charge in [-0.05, 0) is 26.0 Å². The minimum absolute atomic E-state index is 0.270. The number of carbonyl (C=O) groups excluding carboxylic acids is 2. The van der Waals surface area contributed by atoms with Crippen LogP contribution < -0.4 is 5.56 Å². The highest BCUT2D eigenvalue weighted by Gasteiger charge is 2.20. The van der Waals surface area contributed by atoms with Crippen LogP contribution in [-0.4, -0.2) is 21.4 Å². The molecular formula is C15H13NO4. The monoisotopic (exact) mass is 271 g/mol. The summed E-state index contributed by atoms with van der Waals surface area (Å²) in [7, 11) is 0. The quantitative estimate of drug-likeness (QED) is 0.844. The first kappa shape index (κ1) is 13.7. The summed E-state index contributed by atoms with van der Waals surface area (Å²) in [5.41, 5.74) is -0.576. The van der Waals surface area contributed by atoms with Gasteiger partial charge in [-0.25, -0.2) is 4.57 Å². The molecule has 0 saturated carbocycles. The Bertz CT molecular complexity index is 744. The second kappa shape index (κ2) is 5.13. The van der Waals surface area contributed by atoms with Crippen molar-refractivity contribution in [3.05, 3.63) is 63.6 Å². The number of benzene rings is 1.